The van der Waals surface area contributed by atoms with Crippen LogP contribution in [0.15, 0.2) is 77.7 Å². The van der Waals surface area contributed by atoms with Gasteiger partial charge in [0.1, 0.15) is 5.84 Å². The molecule has 0 heterocycles. The van der Waals surface area contributed by atoms with Crippen LogP contribution in [0.3, 0.4) is 0 Å². The lowest BCUT2D eigenvalue weighted by molar-refractivity contribution is 0.190. The summed E-state index contributed by atoms with van der Waals surface area (Å²) in [5, 5.41) is 27.6. The van der Waals surface area contributed by atoms with E-state index in [0.29, 0.717) is 28.0 Å². The molecule has 2 amide bonds. The van der Waals surface area contributed by atoms with Crippen LogP contribution in [-0.4, -0.2) is 36.4 Å². The molecule has 0 fully saturated rings. The SMILES string of the molecule is CCSC(=O)NC(=N)c1cccc(CC(NC(=O)O)c2ccc(-c3ccccc3S(N)(=O)=O)cc2)c1. The maximum absolute atomic E-state index is 12.0. The first kappa shape index (κ1) is 26.9. The third kappa shape index (κ3) is 7.17. The van der Waals surface area contributed by atoms with Gasteiger partial charge in [-0.05, 0) is 41.0 Å². The monoisotopic (exact) mass is 526 g/mol. The molecule has 1 unspecified atom stereocenters. The normalized spacial score (nSPS) is 11.9. The molecule has 3 aromatic rings. The number of amides is 2. The molecule has 0 aliphatic heterocycles. The number of nitrogens with one attached hydrogen (secondary N) is 3. The number of sulfonamides is 1. The van der Waals surface area contributed by atoms with E-state index in [9.17, 15) is 23.1 Å². The van der Waals surface area contributed by atoms with Gasteiger partial charge in [0.2, 0.25) is 10.0 Å². The quantitative estimate of drug-likeness (QED) is 0.217. The highest BCUT2D eigenvalue weighted by Crippen LogP contribution is 2.28. The van der Waals surface area contributed by atoms with Crippen molar-refractivity contribution in [2.24, 2.45) is 5.14 Å². The molecule has 6 N–H and O–H groups in total. The number of carboxylic acid groups (broad SMARTS) is 1. The van der Waals surface area contributed by atoms with E-state index in [1.54, 1.807) is 60.7 Å². The third-order valence-corrected chi connectivity index (χ3v) is 6.90. The summed E-state index contributed by atoms with van der Waals surface area (Å²) in [5.41, 5.74) is 3.00. The maximum Gasteiger partial charge on any atom is 0.405 e. The molecule has 188 valence electrons. The predicted molar refractivity (Wildman–Crippen MR) is 141 cm³/mol. The second-order valence-electron chi connectivity index (χ2n) is 7.79. The fourth-order valence-electron chi connectivity index (χ4n) is 3.68. The minimum atomic E-state index is -3.92. The lowest BCUT2D eigenvalue weighted by Gasteiger charge is -2.19. The number of hydrogen-bond acceptors (Lipinski definition) is 6. The van der Waals surface area contributed by atoms with E-state index in [-0.39, 0.29) is 22.4 Å². The van der Waals surface area contributed by atoms with E-state index in [4.69, 9.17) is 10.5 Å². The van der Waals surface area contributed by atoms with Crippen molar-refractivity contribution in [3.63, 3.8) is 0 Å². The Bertz CT molecular complexity index is 1380. The molecule has 0 spiro atoms. The number of amidine groups is 1. The number of hydrogen-bond donors (Lipinski definition) is 5. The fourth-order valence-corrected chi connectivity index (χ4v) is 4.88. The molecule has 0 radical (unpaired) electrons. The van der Waals surface area contributed by atoms with Crippen LogP contribution in [0, 0.1) is 5.41 Å². The number of carbonyl (C=O) groups is 2. The van der Waals surface area contributed by atoms with Gasteiger partial charge in [-0.1, -0.05) is 79.3 Å². The Labute approximate surface area is 213 Å². The van der Waals surface area contributed by atoms with Gasteiger partial charge in [-0.15, -0.1) is 0 Å². The average Bonchev–Trinajstić information content (AvgIpc) is 2.83. The molecule has 36 heavy (non-hydrogen) atoms. The first-order chi connectivity index (χ1) is 17.1. The zero-order valence-corrected chi connectivity index (χ0v) is 21.0. The summed E-state index contributed by atoms with van der Waals surface area (Å²) in [6.07, 6.45) is -0.908. The van der Waals surface area contributed by atoms with E-state index < -0.39 is 22.2 Å². The Balaban J connectivity index is 1.86. The summed E-state index contributed by atoms with van der Waals surface area (Å²) >= 11 is 1.07. The van der Waals surface area contributed by atoms with Gasteiger partial charge >= 0.3 is 6.09 Å². The third-order valence-electron chi connectivity index (χ3n) is 5.27. The molecular formula is C25H26N4O5S2. The average molecular weight is 527 g/mol. The lowest BCUT2D eigenvalue weighted by atomic mass is 9.95. The Morgan fingerprint density at radius 1 is 1.06 bits per heavy atom. The molecule has 0 saturated carbocycles. The molecule has 11 heteroatoms. The van der Waals surface area contributed by atoms with Crippen LogP contribution in [0.2, 0.25) is 0 Å². The summed E-state index contributed by atoms with van der Waals surface area (Å²) in [6, 6.07) is 19.6. The van der Waals surface area contributed by atoms with Crippen molar-refractivity contribution < 1.29 is 23.1 Å². The molecule has 3 aromatic carbocycles. The van der Waals surface area contributed by atoms with Crippen molar-refractivity contribution in [3.05, 3.63) is 89.5 Å². The van der Waals surface area contributed by atoms with Crippen molar-refractivity contribution in [2.75, 3.05) is 5.75 Å². The number of thioether (sulfide) groups is 1. The minimum absolute atomic E-state index is 0.00153. The Morgan fingerprint density at radius 2 is 1.75 bits per heavy atom. The molecule has 0 bridgehead atoms. The summed E-state index contributed by atoms with van der Waals surface area (Å²) in [6.45, 7) is 1.84. The van der Waals surface area contributed by atoms with Crippen molar-refractivity contribution in [1.29, 1.82) is 5.41 Å². The van der Waals surface area contributed by atoms with Gasteiger partial charge in [-0.3, -0.25) is 10.2 Å². The summed E-state index contributed by atoms with van der Waals surface area (Å²) < 4.78 is 23.9. The Hall–Kier alpha value is -3.67. The van der Waals surface area contributed by atoms with Crippen LogP contribution in [0.4, 0.5) is 9.59 Å². The first-order valence-electron chi connectivity index (χ1n) is 10.9. The predicted octanol–water partition coefficient (Wildman–Crippen LogP) is 4.34. The van der Waals surface area contributed by atoms with Crippen LogP contribution in [0.1, 0.15) is 29.7 Å². The first-order valence-corrected chi connectivity index (χ1v) is 13.4. The van der Waals surface area contributed by atoms with Crippen molar-refractivity contribution >= 4 is 39.0 Å². The topological polar surface area (TPSA) is 162 Å². The number of primary sulfonamides is 1. The lowest BCUT2D eigenvalue weighted by Crippen LogP contribution is -2.29. The number of carbonyl (C=O) groups excluding carboxylic acids is 1. The summed E-state index contributed by atoms with van der Waals surface area (Å²) in [7, 11) is -3.92. The number of nitrogens with two attached hydrogens (primary N) is 1. The van der Waals surface area contributed by atoms with E-state index in [0.717, 1.165) is 17.3 Å². The molecule has 0 aliphatic carbocycles. The van der Waals surface area contributed by atoms with Crippen LogP contribution < -0.4 is 15.8 Å². The number of benzene rings is 3. The zero-order chi connectivity index (χ0) is 26.3. The van der Waals surface area contributed by atoms with Crippen LogP contribution in [0.25, 0.3) is 11.1 Å². The van der Waals surface area contributed by atoms with Gasteiger partial charge in [0.15, 0.2) is 0 Å². The van der Waals surface area contributed by atoms with Gasteiger partial charge in [0.05, 0.1) is 10.9 Å². The van der Waals surface area contributed by atoms with Gasteiger partial charge in [0.25, 0.3) is 5.24 Å². The minimum Gasteiger partial charge on any atom is -0.465 e. The van der Waals surface area contributed by atoms with Crippen LogP contribution >= 0.6 is 11.8 Å². The van der Waals surface area contributed by atoms with Crippen molar-refractivity contribution in [3.8, 4) is 11.1 Å². The molecule has 1 atom stereocenters. The van der Waals surface area contributed by atoms with Gasteiger partial charge in [-0.2, -0.15) is 0 Å². The van der Waals surface area contributed by atoms with E-state index in [1.807, 2.05) is 13.0 Å². The summed E-state index contributed by atoms with van der Waals surface area (Å²) in [5.74, 6) is 0.553. The Morgan fingerprint density at radius 3 is 2.39 bits per heavy atom. The van der Waals surface area contributed by atoms with Crippen LogP contribution in [0.5, 0.6) is 0 Å². The van der Waals surface area contributed by atoms with Crippen LogP contribution in [-0.2, 0) is 16.4 Å². The highest BCUT2D eigenvalue weighted by atomic mass is 32.2. The molecule has 0 aliphatic rings. The standard InChI is InChI=1S/C25H26N4O5S2/c1-2-35-25(32)29-23(26)19-7-5-6-16(14-19)15-21(28-24(30)31)18-12-10-17(11-13-18)20-8-3-4-9-22(20)36(27,33)34/h3-14,21,28H,2,15H2,1H3,(H,30,31)(H2,26,29,32)(H2,27,33,34). The van der Waals surface area contributed by atoms with Gasteiger partial charge in [-0.25, -0.2) is 18.4 Å². The molecule has 0 aromatic heterocycles. The van der Waals surface area contributed by atoms with E-state index in [2.05, 4.69) is 10.6 Å². The van der Waals surface area contributed by atoms with E-state index in [1.165, 1.54) is 6.07 Å². The molecule has 3 rings (SSSR count). The second kappa shape index (κ2) is 11.8. The molecular weight excluding hydrogens is 500 g/mol. The second-order valence-corrected chi connectivity index (χ2v) is 10.6. The van der Waals surface area contributed by atoms with Gasteiger partial charge < -0.3 is 15.7 Å². The maximum atomic E-state index is 12.0. The van der Waals surface area contributed by atoms with Gasteiger partial charge in [0, 0.05) is 11.1 Å². The highest BCUT2D eigenvalue weighted by Gasteiger charge is 2.18. The zero-order valence-electron chi connectivity index (χ0n) is 19.4. The van der Waals surface area contributed by atoms with E-state index >= 15 is 0 Å². The van der Waals surface area contributed by atoms with Crippen molar-refractivity contribution in [1.82, 2.24) is 10.6 Å². The molecule has 9 nitrogen and oxygen atoms in total. The smallest absolute Gasteiger partial charge is 0.405 e. The fraction of sp³-hybridized carbons (Fsp3) is 0.160. The molecule has 0 saturated heterocycles. The summed E-state index contributed by atoms with van der Waals surface area (Å²) in [4.78, 5) is 23.3. The number of rotatable bonds is 8. The Kier molecular flexibility index (Phi) is 8.86. The largest absolute Gasteiger partial charge is 0.465 e. The highest BCUT2D eigenvalue weighted by molar-refractivity contribution is 8.13. The van der Waals surface area contributed by atoms with Crippen molar-refractivity contribution in [2.45, 2.75) is 24.3 Å².